The third-order valence-corrected chi connectivity index (χ3v) is 6.88. The molecule has 0 aliphatic heterocycles. The molecule has 0 amide bonds. The molecule has 194 valence electrons. The monoisotopic (exact) mass is 495 g/mol. The van der Waals surface area contributed by atoms with Gasteiger partial charge >= 0.3 is 0 Å². The normalized spacial score (nSPS) is 11.0. The molecule has 37 heavy (non-hydrogen) atoms. The van der Waals surface area contributed by atoms with Crippen molar-refractivity contribution in [1.82, 2.24) is 4.57 Å². The van der Waals surface area contributed by atoms with Crippen LogP contribution in [0.4, 0.5) is 0 Å². The molecule has 0 aliphatic rings. The van der Waals surface area contributed by atoms with Gasteiger partial charge in [-0.1, -0.05) is 75.1 Å². The van der Waals surface area contributed by atoms with Crippen LogP contribution in [0.2, 0.25) is 0 Å². The van der Waals surface area contributed by atoms with Crippen LogP contribution >= 0.6 is 0 Å². The molecule has 0 saturated carbocycles. The van der Waals surface area contributed by atoms with Gasteiger partial charge in [0.25, 0.3) is 0 Å². The molecule has 0 unspecified atom stereocenters. The van der Waals surface area contributed by atoms with Crippen molar-refractivity contribution in [2.75, 3.05) is 6.61 Å². The molecule has 1 aromatic heterocycles. The SMILES string of the molecule is CCCCCCCc1ccc(OCCCn2c(C)ccc2-c2ccc(OCc3ccccc3)cc2)cc1. The number of hydrogen-bond donors (Lipinski definition) is 0. The lowest BCUT2D eigenvalue weighted by molar-refractivity contribution is 0.301. The summed E-state index contributed by atoms with van der Waals surface area (Å²) < 4.78 is 14.4. The van der Waals surface area contributed by atoms with Crippen LogP contribution in [0.1, 0.15) is 62.3 Å². The number of aromatic nitrogens is 1. The van der Waals surface area contributed by atoms with Gasteiger partial charge in [0.05, 0.1) is 6.61 Å². The van der Waals surface area contributed by atoms with E-state index >= 15 is 0 Å². The van der Waals surface area contributed by atoms with Crippen molar-refractivity contribution in [2.24, 2.45) is 0 Å². The van der Waals surface area contributed by atoms with Gasteiger partial charge in [-0.2, -0.15) is 0 Å². The van der Waals surface area contributed by atoms with Crippen LogP contribution in [-0.4, -0.2) is 11.2 Å². The molecule has 0 aliphatic carbocycles. The van der Waals surface area contributed by atoms with Gasteiger partial charge < -0.3 is 14.0 Å². The number of hydrogen-bond acceptors (Lipinski definition) is 2. The highest BCUT2D eigenvalue weighted by Gasteiger charge is 2.08. The lowest BCUT2D eigenvalue weighted by Crippen LogP contribution is -2.07. The van der Waals surface area contributed by atoms with Gasteiger partial charge in [-0.25, -0.2) is 0 Å². The highest BCUT2D eigenvalue weighted by Crippen LogP contribution is 2.26. The molecule has 0 spiro atoms. The van der Waals surface area contributed by atoms with Gasteiger partial charge in [0, 0.05) is 17.9 Å². The van der Waals surface area contributed by atoms with Crippen molar-refractivity contribution in [2.45, 2.75) is 71.9 Å². The molecule has 0 bridgehead atoms. The highest BCUT2D eigenvalue weighted by atomic mass is 16.5. The van der Waals surface area contributed by atoms with Crippen molar-refractivity contribution < 1.29 is 9.47 Å². The third kappa shape index (κ3) is 8.28. The zero-order valence-electron chi connectivity index (χ0n) is 22.5. The summed E-state index contributed by atoms with van der Waals surface area (Å²) >= 11 is 0. The second-order valence-corrected chi connectivity index (χ2v) is 9.82. The molecule has 0 radical (unpaired) electrons. The van der Waals surface area contributed by atoms with Crippen LogP contribution in [0.25, 0.3) is 11.3 Å². The molecule has 0 saturated heterocycles. The van der Waals surface area contributed by atoms with Gasteiger partial charge in [-0.3, -0.25) is 0 Å². The summed E-state index contributed by atoms with van der Waals surface area (Å²) in [6.45, 7) is 6.65. The molecule has 0 atom stereocenters. The van der Waals surface area contributed by atoms with Crippen molar-refractivity contribution in [1.29, 1.82) is 0 Å². The average Bonchev–Trinajstić information content (AvgIpc) is 3.31. The Labute approximate surface area is 223 Å². The maximum Gasteiger partial charge on any atom is 0.119 e. The van der Waals surface area contributed by atoms with Crippen LogP contribution in [0.5, 0.6) is 11.5 Å². The van der Waals surface area contributed by atoms with E-state index in [1.807, 2.05) is 18.2 Å². The molecule has 0 fully saturated rings. The molecule has 4 aromatic rings. The summed E-state index contributed by atoms with van der Waals surface area (Å²) in [5.74, 6) is 1.85. The van der Waals surface area contributed by atoms with E-state index in [4.69, 9.17) is 9.47 Å². The Morgan fingerprint density at radius 1 is 0.622 bits per heavy atom. The first-order chi connectivity index (χ1) is 18.2. The average molecular weight is 496 g/mol. The Bertz CT molecular complexity index is 1180. The first-order valence-electron chi connectivity index (χ1n) is 13.9. The largest absolute Gasteiger partial charge is 0.494 e. The fourth-order valence-corrected chi connectivity index (χ4v) is 4.68. The van der Waals surface area contributed by atoms with Gasteiger partial charge in [-0.05, 0) is 91.4 Å². The number of nitrogens with zero attached hydrogens (tertiary/aromatic N) is 1. The Morgan fingerprint density at radius 2 is 1.32 bits per heavy atom. The minimum atomic E-state index is 0.581. The first kappa shape index (κ1) is 26.6. The van der Waals surface area contributed by atoms with Gasteiger partial charge in [-0.15, -0.1) is 0 Å². The molecule has 3 aromatic carbocycles. The fraction of sp³-hybridized carbons (Fsp3) is 0.353. The smallest absolute Gasteiger partial charge is 0.119 e. The van der Waals surface area contributed by atoms with Crippen molar-refractivity contribution in [3.63, 3.8) is 0 Å². The first-order valence-corrected chi connectivity index (χ1v) is 13.9. The van der Waals surface area contributed by atoms with E-state index in [1.54, 1.807) is 0 Å². The van der Waals surface area contributed by atoms with Crippen LogP contribution in [0.15, 0.2) is 91.0 Å². The standard InChI is InChI=1S/C34H41NO2/c1-3-4-5-6-8-12-29-16-20-32(21-17-29)36-26-11-25-35-28(2)15-24-34(35)31-18-22-33(23-19-31)37-27-30-13-9-7-10-14-30/h7,9-10,13-24H,3-6,8,11-12,25-27H2,1-2H3. The van der Waals surface area contributed by atoms with Crippen LogP contribution in [0, 0.1) is 6.92 Å². The quantitative estimate of drug-likeness (QED) is 0.154. The van der Waals surface area contributed by atoms with Crippen LogP contribution < -0.4 is 9.47 Å². The maximum absolute atomic E-state index is 6.05. The zero-order valence-corrected chi connectivity index (χ0v) is 22.5. The highest BCUT2D eigenvalue weighted by molar-refractivity contribution is 5.62. The van der Waals surface area contributed by atoms with Crippen molar-refractivity contribution >= 4 is 0 Å². The molecular weight excluding hydrogens is 454 g/mol. The predicted octanol–water partition coefficient (Wildman–Crippen LogP) is 9.02. The van der Waals surface area contributed by atoms with E-state index in [9.17, 15) is 0 Å². The number of benzene rings is 3. The van der Waals surface area contributed by atoms with E-state index in [0.717, 1.165) is 24.5 Å². The Kier molecular flexibility index (Phi) is 10.3. The van der Waals surface area contributed by atoms with E-state index in [1.165, 1.54) is 66.6 Å². The van der Waals surface area contributed by atoms with Crippen LogP contribution in [0.3, 0.4) is 0 Å². The van der Waals surface area contributed by atoms with E-state index in [0.29, 0.717) is 13.2 Å². The summed E-state index contributed by atoms with van der Waals surface area (Å²) in [4.78, 5) is 0. The second kappa shape index (κ2) is 14.3. The lowest BCUT2D eigenvalue weighted by Gasteiger charge is -2.13. The molecule has 3 heteroatoms. The van der Waals surface area contributed by atoms with E-state index in [-0.39, 0.29) is 0 Å². The minimum absolute atomic E-state index is 0.581. The van der Waals surface area contributed by atoms with Crippen molar-refractivity contribution in [3.05, 3.63) is 108 Å². The number of ether oxygens (including phenoxy) is 2. The zero-order chi connectivity index (χ0) is 25.7. The molecule has 0 N–H and O–H groups in total. The predicted molar refractivity (Wildman–Crippen MR) is 154 cm³/mol. The third-order valence-electron chi connectivity index (χ3n) is 6.88. The van der Waals surface area contributed by atoms with E-state index < -0.39 is 0 Å². The van der Waals surface area contributed by atoms with Crippen molar-refractivity contribution in [3.8, 4) is 22.8 Å². The minimum Gasteiger partial charge on any atom is -0.494 e. The summed E-state index contributed by atoms with van der Waals surface area (Å²) in [5, 5.41) is 0. The number of aryl methyl sites for hydroxylation is 2. The summed E-state index contributed by atoms with van der Waals surface area (Å²) in [6.07, 6.45) is 8.75. The Balaban J connectivity index is 1.23. The fourth-order valence-electron chi connectivity index (χ4n) is 4.68. The maximum atomic E-state index is 6.05. The molecule has 4 rings (SSSR count). The topological polar surface area (TPSA) is 23.4 Å². The Hall–Kier alpha value is -3.46. The summed E-state index contributed by atoms with van der Waals surface area (Å²) in [5.41, 5.74) is 6.28. The summed E-state index contributed by atoms with van der Waals surface area (Å²) in [6, 6.07) is 31.7. The molecule has 1 heterocycles. The number of unbranched alkanes of at least 4 members (excludes halogenated alkanes) is 4. The molecule has 3 nitrogen and oxygen atoms in total. The second-order valence-electron chi connectivity index (χ2n) is 9.82. The van der Waals surface area contributed by atoms with Gasteiger partial charge in [0.2, 0.25) is 0 Å². The Morgan fingerprint density at radius 3 is 2.08 bits per heavy atom. The van der Waals surface area contributed by atoms with Gasteiger partial charge in [0.15, 0.2) is 0 Å². The lowest BCUT2D eigenvalue weighted by atomic mass is 10.1. The molecular formula is C34H41NO2. The van der Waals surface area contributed by atoms with E-state index in [2.05, 4.69) is 91.2 Å². The summed E-state index contributed by atoms with van der Waals surface area (Å²) in [7, 11) is 0. The van der Waals surface area contributed by atoms with Crippen LogP contribution in [-0.2, 0) is 19.6 Å². The number of rotatable bonds is 15. The van der Waals surface area contributed by atoms with Gasteiger partial charge in [0.1, 0.15) is 18.1 Å².